The fraction of sp³-hybridized carbons (Fsp3) is 0.697. The first-order valence-electron chi connectivity index (χ1n) is 15.6. The molecule has 224 valence electrons. The van der Waals surface area contributed by atoms with E-state index in [1.54, 1.807) is 0 Å². The molecule has 1 N–H and O–H groups in total. The van der Waals surface area contributed by atoms with Crippen LogP contribution in [-0.4, -0.2) is 47.8 Å². The van der Waals surface area contributed by atoms with Gasteiger partial charge in [0.25, 0.3) is 0 Å². The molecule has 0 bridgehead atoms. The summed E-state index contributed by atoms with van der Waals surface area (Å²) in [6.45, 7) is 11.5. The van der Waals surface area contributed by atoms with Gasteiger partial charge in [0.15, 0.2) is 6.10 Å². The van der Waals surface area contributed by atoms with E-state index in [-0.39, 0.29) is 17.7 Å². The van der Waals surface area contributed by atoms with Gasteiger partial charge < -0.3 is 14.7 Å². The second-order valence-electron chi connectivity index (χ2n) is 11.2. The van der Waals surface area contributed by atoms with E-state index >= 15 is 0 Å². The number of benzene rings is 1. The zero-order chi connectivity index (χ0) is 29.4. The zero-order valence-electron chi connectivity index (χ0n) is 25.6. The molecule has 0 aromatic heterocycles. The standard InChI is InChI=1S/C33H52N2O5/c1-6-10-12-13-14-15-16-20-27(31(36)39-23-11-7-2)40-32(37)30(35-38)29-26-19-17-18-25(5)28(26)33(21-8-3,22-9-4)24-34-29/h17-19,27,38H,6-16,20-24H2,1-5H3. The Morgan fingerprint density at radius 1 is 0.950 bits per heavy atom. The number of nitrogens with zero attached hydrogens (tertiary/aromatic N) is 2. The maximum Gasteiger partial charge on any atom is 0.363 e. The number of esters is 2. The van der Waals surface area contributed by atoms with Gasteiger partial charge in [0.05, 0.1) is 6.61 Å². The highest BCUT2D eigenvalue weighted by atomic mass is 16.6. The number of fused-ring (bicyclic) bond motifs is 1. The topological polar surface area (TPSA) is 97.5 Å². The van der Waals surface area contributed by atoms with Gasteiger partial charge in [-0.15, -0.1) is 0 Å². The number of oxime groups is 1. The monoisotopic (exact) mass is 556 g/mol. The third kappa shape index (κ3) is 9.17. The molecule has 7 nitrogen and oxygen atoms in total. The minimum absolute atomic E-state index is 0.124. The highest BCUT2D eigenvalue weighted by Crippen LogP contribution is 2.41. The summed E-state index contributed by atoms with van der Waals surface area (Å²) in [5, 5.41) is 13.4. The van der Waals surface area contributed by atoms with E-state index in [0.29, 0.717) is 18.7 Å². The Hall–Kier alpha value is -2.70. The molecule has 0 radical (unpaired) electrons. The lowest BCUT2D eigenvalue weighted by molar-refractivity contribution is -0.164. The van der Waals surface area contributed by atoms with E-state index in [2.05, 4.69) is 38.9 Å². The van der Waals surface area contributed by atoms with Crippen molar-refractivity contribution in [2.75, 3.05) is 13.2 Å². The predicted octanol–water partition coefficient (Wildman–Crippen LogP) is 7.86. The highest BCUT2D eigenvalue weighted by molar-refractivity contribution is 6.69. The third-order valence-corrected chi connectivity index (χ3v) is 7.90. The van der Waals surface area contributed by atoms with Crippen LogP contribution < -0.4 is 0 Å². The van der Waals surface area contributed by atoms with Crippen molar-refractivity contribution in [2.45, 2.75) is 136 Å². The first-order chi connectivity index (χ1) is 19.4. The van der Waals surface area contributed by atoms with Gasteiger partial charge in [0, 0.05) is 17.5 Å². The SMILES string of the molecule is CCCCCCCCCC(OC(=O)C(=NO)C1=NCC(CCC)(CCC)c2c(C)cccc21)C(=O)OCCCC. The maximum atomic E-state index is 13.4. The van der Waals surface area contributed by atoms with Crippen molar-refractivity contribution in [2.24, 2.45) is 10.1 Å². The molecule has 7 heteroatoms. The minimum atomic E-state index is -1.04. The van der Waals surface area contributed by atoms with Gasteiger partial charge in [-0.1, -0.05) is 109 Å². The van der Waals surface area contributed by atoms with Crippen LogP contribution >= 0.6 is 0 Å². The molecule has 0 amide bonds. The highest BCUT2D eigenvalue weighted by Gasteiger charge is 2.40. The molecule has 0 spiro atoms. The summed E-state index contributed by atoms with van der Waals surface area (Å²) in [6, 6.07) is 5.96. The average Bonchev–Trinajstić information content (AvgIpc) is 2.94. The van der Waals surface area contributed by atoms with Crippen molar-refractivity contribution in [3.8, 4) is 0 Å². The van der Waals surface area contributed by atoms with Gasteiger partial charge in [-0.2, -0.15) is 0 Å². The lowest BCUT2D eigenvalue weighted by Crippen LogP contribution is -2.41. The van der Waals surface area contributed by atoms with Crippen molar-refractivity contribution in [3.05, 3.63) is 34.9 Å². The molecule has 0 aliphatic carbocycles. The molecule has 1 aromatic carbocycles. The lowest BCUT2D eigenvalue weighted by atomic mass is 9.68. The van der Waals surface area contributed by atoms with Crippen molar-refractivity contribution in [3.63, 3.8) is 0 Å². The van der Waals surface area contributed by atoms with Crippen LogP contribution in [0.4, 0.5) is 0 Å². The van der Waals surface area contributed by atoms with E-state index < -0.39 is 18.0 Å². The molecule has 1 unspecified atom stereocenters. The van der Waals surface area contributed by atoms with Crippen molar-refractivity contribution in [1.29, 1.82) is 0 Å². The first kappa shape index (κ1) is 33.5. The molecule has 1 atom stereocenters. The van der Waals surface area contributed by atoms with E-state index in [1.807, 2.05) is 19.1 Å². The maximum absolute atomic E-state index is 13.4. The molecule has 1 aliphatic heterocycles. The summed E-state index contributed by atoms with van der Waals surface area (Å²) in [6.07, 6.45) is 12.6. The Morgan fingerprint density at radius 2 is 1.60 bits per heavy atom. The third-order valence-electron chi connectivity index (χ3n) is 7.90. The largest absolute Gasteiger partial charge is 0.463 e. The summed E-state index contributed by atoms with van der Waals surface area (Å²) < 4.78 is 11.1. The molecule has 1 heterocycles. The molecule has 2 rings (SSSR count). The molecule has 0 fully saturated rings. The Balaban J connectivity index is 2.25. The average molecular weight is 557 g/mol. The summed E-state index contributed by atoms with van der Waals surface area (Å²) in [7, 11) is 0. The van der Waals surface area contributed by atoms with Crippen LogP contribution in [0.2, 0.25) is 0 Å². The predicted molar refractivity (Wildman–Crippen MR) is 162 cm³/mol. The Kier molecular flexibility index (Phi) is 15.0. The second kappa shape index (κ2) is 17.9. The summed E-state index contributed by atoms with van der Waals surface area (Å²) in [5.41, 5.74) is 3.03. The smallest absolute Gasteiger partial charge is 0.363 e. The van der Waals surface area contributed by atoms with Crippen LogP contribution in [0.3, 0.4) is 0 Å². The number of rotatable bonds is 19. The van der Waals surface area contributed by atoms with Gasteiger partial charge in [-0.25, -0.2) is 9.59 Å². The number of hydrogen-bond donors (Lipinski definition) is 1. The van der Waals surface area contributed by atoms with Crippen molar-refractivity contribution >= 4 is 23.4 Å². The Morgan fingerprint density at radius 3 is 2.23 bits per heavy atom. The fourth-order valence-corrected chi connectivity index (χ4v) is 5.95. The number of aryl methyl sites for hydroxylation is 1. The van der Waals surface area contributed by atoms with Crippen molar-refractivity contribution < 1.29 is 24.3 Å². The van der Waals surface area contributed by atoms with Gasteiger partial charge in [0.2, 0.25) is 5.71 Å². The van der Waals surface area contributed by atoms with Crippen LogP contribution in [0.15, 0.2) is 28.3 Å². The molecule has 0 saturated heterocycles. The van der Waals surface area contributed by atoms with Crippen LogP contribution in [0.5, 0.6) is 0 Å². The number of hydrogen-bond acceptors (Lipinski definition) is 7. The molecular formula is C33H52N2O5. The normalized spacial score (nSPS) is 15.2. The second-order valence-corrected chi connectivity index (χ2v) is 11.2. The lowest BCUT2D eigenvalue weighted by Gasteiger charge is -2.39. The zero-order valence-corrected chi connectivity index (χ0v) is 25.6. The molecular weight excluding hydrogens is 504 g/mol. The summed E-state index contributed by atoms with van der Waals surface area (Å²) in [5.74, 6) is -1.40. The van der Waals surface area contributed by atoms with Crippen LogP contribution in [0.25, 0.3) is 0 Å². The van der Waals surface area contributed by atoms with Crippen molar-refractivity contribution in [1.82, 2.24) is 0 Å². The minimum Gasteiger partial charge on any atom is -0.463 e. The molecule has 1 aliphatic rings. The first-order valence-corrected chi connectivity index (χ1v) is 15.6. The van der Waals surface area contributed by atoms with Crippen LogP contribution in [0, 0.1) is 6.92 Å². The number of ether oxygens (including phenoxy) is 2. The fourth-order valence-electron chi connectivity index (χ4n) is 5.95. The summed E-state index contributed by atoms with van der Waals surface area (Å²) >= 11 is 0. The van der Waals surface area contributed by atoms with Gasteiger partial charge in [-0.3, -0.25) is 4.99 Å². The number of unbranched alkanes of at least 4 members (excludes halogenated alkanes) is 7. The molecule has 1 aromatic rings. The Labute approximate surface area is 241 Å². The molecule has 40 heavy (non-hydrogen) atoms. The van der Waals surface area contributed by atoms with E-state index in [1.165, 1.54) is 19.3 Å². The number of carbonyl (C=O) groups is 2. The summed E-state index contributed by atoms with van der Waals surface area (Å²) in [4.78, 5) is 31.1. The van der Waals surface area contributed by atoms with Gasteiger partial charge >= 0.3 is 11.9 Å². The van der Waals surface area contributed by atoms with Gasteiger partial charge in [0.1, 0.15) is 5.71 Å². The van der Waals surface area contributed by atoms with E-state index in [4.69, 9.17) is 14.5 Å². The van der Waals surface area contributed by atoms with Crippen LogP contribution in [0.1, 0.15) is 134 Å². The quantitative estimate of drug-likeness (QED) is 0.0615. The Bertz CT molecular complexity index is 995. The van der Waals surface area contributed by atoms with Gasteiger partial charge in [-0.05, 0) is 50.2 Å². The molecule has 0 saturated carbocycles. The van der Waals surface area contributed by atoms with E-state index in [0.717, 1.165) is 80.9 Å². The number of aliphatic imine (C=N–C) groups is 1. The van der Waals surface area contributed by atoms with E-state index in [9.17, 15) is 14.8 Å². The van der Waals surface area contributed by atoms with Crippen LogP contribution in [-0.2, 0) is 24.5 Å². The number of carbonyl (C=O) groups excluding carboxylic acids is 2.